The smallest absolute Gasteiger partial charge is 0.337 e. The molecule has 0 aliphatic carbocycles. The van der Waals surface area contributed by atoms with Crippen molar-refractivity contribution in [3.8, 4) is 0 Å². The summed E-state index contributed by atoms with van der Waals surface area (Å²) in [7, 11) is 3.83. The molecule has 0 bridgehead atoms. The molecule has 0 aromatic heterocycles. The van der Waals surface area contributed by atoms with Crippen LogP contribution in [0.25, 0.3) is 0 Å². The van der Waals surface area contributed by atoms with Crippen LogP contribution < -0.4 is 10.2 Å². The van der Waals surface area contributed by atoms with Crippen molar-refractivity contribution in [1.29, 1.82) is 0 Å². The Morgan fingerprint density at radius 3 is 2.23 bits per heavy atom. The number of carboxylic acid groups (broad SMARTS) is 1. The molecule has 0 fully saturated rings. The van der Waals surface area contributed by atoms with Crippen LogP contribution in [0, 0.1) is 6.92 Å². The molecule has 0 saturated heterocycles. The predicted molar refractivity (Wildman–Crippen MR) is 86.9 cm³/mol. The number of hydrogen-bond acceptors (Lipinski definition) is 3. The second kappa shape index (κ2) is 6.30. The number of rotatable bonds is 4. The minimum absolute atomic E-state index is 0.0817. The van der Waals surface area contributed by atoms with Crippen molar-refractivity contribution in [2.24, 2.45) is 0 Å². The molecule has 0 heterocycles. The molecule has 0 spiro atoms. The van der Waals surface area contributed by atoms with Crippen LogP contribution in [0.1, 0.15) is 26.3 Å². The van der Waals surface area contributed by atoms with Gasteiger partial charge < -0.3 is 15.3 Å². The number of nitrogens with zero attached hydrogens (tertiary/aromatic N) is 1. The van der Waals surface area contributed by atoms with E-state index in [1.807, 2.05) is 31.1 Å². The molecule has 0 atom stereocenters. The average Bonchev–Trinajstić information content (AvgIpc) is 2.48. The Balaban J connectivity index is 2.23. The molecule has 2 aromatic carbocycles. The monoisotopic (exact) mass is 298 g/mol. The highest BCUT2D eigenvalue weighted by molar-refractivity contribution is 6.07. The molecule has 22 heavy (non-hydrogen) atoms. The molecule has 0 unspecified atom stereocenters. The summed E-state index contributed by atoms with van der Waals surface area (Å²) >= 11 is 0. The summed E-state index contributed by atoms with van der Waals surface area (Å²) in [5.41, 5.74) is 2.66. The molecule has 1 amide bonds. The third-order valence-electron chi connectivity index (χ3n) is 3.30. The largest absolute Gasteiger partial charge is 0.478 e. The zero-order valence-corrected chi connectivity index (χ0v) is 12.8. The van der Waals surface area contributed by atoms with Crippen LogP contribution >= 0.6 is 0 Å². The van der Waals surface area contributed by atoms with Crippen molar-refractivity contribution in [2.45, 2.75) is 6.92 Å². The maximum atomic E-state index is 12.2. The fraction of sp³-hybridized carbons (Fsp3) is 0.176. The van der Waals surface area contributed by atoms with Gasteiger partial charge in [0, 0.05) is 25.3 Å². The highest BCUT2D eigenvalue weighted by atomic mass is 16.4. The topological polar surface area (TPSA) is 69.6 Å². The molecule has 2 aromatic rings. The molecule has 0 aliphatic rings. The van der Waals surface area contributed by atoms with Crippen molar-refractivity contribution >= 4 is 23.3 Å². The number of nitrogens with one attached hydrogen (secondary N) is 1. The third kappa shape index (κ3) is 3.44. The van der Waals surface area contributed by atoms with Crippen LogP contribution in [-0.2, 0) is 0 Å². The number of carboxylic acids is 1. The van der Waals surface area contributed by atoms with Gasteiger partial charge in [-0.2, -0.15) is 0 Å². The molecular formula is C17H18N2O3. The van der Waals surface area contributed by atoms with Crippen LogP contribution in [0.3, 0.4) is 0 Å². The lowest BCUT2D eigenvalue weighted by atomic mass is 10.1. The first-order chi connectivity index (χ1) is 10.4. The first-order valence-corrected chi connectivity index (χ1v) is 6.81. The van der Waals surface area contributed by atoms with Gasteiger partial charge in [-0.05, 0) is 43.3 Å². The Hall–Kier alpha value is -2.82. The maximum absolute atomic E-state index is 12.2. The van der Waals surface area contributed by atoms with E-state index in [2.05, 4.69) is 5.32 Å². The molecule has 0 saturated carbocycles. The SMILES string of the molecule is Cc1ccc(NC(=O)c2ccc(N(C)C)cc2)c(C(=O)O)c1. The minimum Gasteiger partial charge on any atom is -0.478 e. The number of benzene rings is 2. The quantitative estimate of drug-likeness (QED) is 0.910. The minimum atomic E-state index is -1.07. The van der Waals surface area contributed by atoms with Crippen LogP contribution in [0.15, 0.2) is 42.5 Å². The fourth-order valence-corrected chi connectivity index (χ4v) is 2.05. The Kier molecular flexibility index (Phi) is 4.46. The summed E-state index contributed by atoms with van der Waals surface area (Å²) in [6.45, 7) is 1.80. The number of amides is 1. The van der Waals surface area contributed by atoms with Gasteiger partial charge in [0.1, 0.15) is 0 Å². The van der Waals surface area contributed by atoms with Crippen molar-refractivity contribution < 1.29 is 14.7 Å². The Bertz CT molecular complexity index is 706. The first kappa shape index (κ1) is 15.6. The van der Waals surface area contributed by atoms with Gasteiger partial charge in [0.05, 0.1) is 11.3 Å². The lowest BCUT2D eigenvalue weighted by Gasteiger charge is -2.13. The fourth-order valence-electron chi connectivity index (χ4n) is 2.05. The van der Waals surface area contributed by atoms with Crippen LogP contribution in [0.4, 0.5) is 11.4 Å². The van der Waals surface area contributed by atoms with Crippen LogP contribution in [0.5, 0.6) is 0 Å². The number of aromatic carboxylic acids is 1. The van der Waals surface area contributed by atoms with Gasteiger partial charge in [-0.15, -0.1) is 0 Å². The van der Waals surface area contributed by atoms with Crippen LogP contribution in [-0.4, -0.2) is 31.1 Å². The Morgan fingerprint density at radius 2 is 1.68 bits per heavy atom. The molecule has 5 heteroatoms. The van der Waals surface area contributed by atoms with Gasteiger partial charge >= 0.3 is 5.97 Å². The third-order valence-corrected chi connectivity index (χ3v) is 3.30. The highest BCUT2D eigenvalue weighted by Crippen LogP contribution is 2.19. The van der Waals surface area contributed by atoms with E-state index in [-0.39, 0.29) is 11.5 Å². The molecule has 5 nitrogen and oxygen atoms in total. The van der Waals surface area contributed by atoms with Gasteiger partial charge in [-0.3, -0.25) is 4.79 Å². The van der Waals surface area contributed by atoms with E-state index in [0.29, 0.717) is 11.3 Å². The van der Waals surface area contributed by atoms with Gasteiger partial charge in [0.2, 0.25) is 0 Å². The van der Waals surface area contributed by atoms with E-state index < -0.39 is 5.97 Å². The zero-order chi connectivity index (χ0) is 16.3. The highest BCUT2D eigenvalue weighted by Gasteiger charge is 2.14. The summed E-state index contributed by atoms with van der Waals surface area (Å²) in [6.07, 6.45) is 0. The zero-order valence-electron chi connectivity index (χ0n) is 12.8. The second-order valence-electron chi connectivity index (χ2n) is 5.25. The second-order valence-corrected chi connectivity index (χ2v) is 5.25. The number of carbonyl (C=O) groups excluding carboxylic acids is 1. The Labute approximate surface area is 129 Å². The number of aryl methyl sites for hydroxylation is 1. The van der Waals surface area contributed by atoms with E-state index in [1.165, 1.54) is 6.07 Å². The number of hydrogen-bond donors (Lipinski definition) is 2. The average molecular weight is 298 g/mol. The molecular weight excluding hydrogens is 280 g/mol. The van der Waals surface area contributed by atoms with Crippen molar-refractivity contribution in [2.75, 3.05) is 24.3 Å². The number of carbonyl (C=O) groups is 2. The molecule has 114 valence electrons. The standard InChI is InChI=1S/C17H18N2O3/c1-11-4-9-15(14(10-11)17(21)22)18-16(20)12-5-7-13(8-6-12)19(2)3/h4-10H,1-3H3,(H,18,20)(H,21,22). The lowest BCUT2D eigenvalue weighted by Crippen LogP contribution is -2.15. The number of anilines is 2. The van der Waals surface area contributed by atoms with Gasteiger partial charge in [-0.25, -0.2) is 4.79 Å². The maximum Gasteiger partial charge on any atom is 0.337 e. The molecule has 2 N–H and O–H groups in total. The molecule has 2 rings (SSSR count). The van der Waals surface area contributed by atoms with E-state index >= 15 is 0 Å². The summed E-state index contributed by atoms with van der Waals surface area (Å²) in [5, 5.41) is 11.9. The van der Waals surface area contributed by atoms with Gasteiger partial charge in [0.25, 0.3) is 5.91 Å². The van der Waals surface area contributed by atoms with Gasteiger partial charge in [-0.1, -0.05) is 11.6 Å². The van der Waals surface area contributed by atoms with Crippen LogP contribution in [0.2, 0.25) is 0 Å². The van der Waals surface area contributed by atoms with Crippen molar-refractivity contribution in [1.82, 2.24) is 0 Å². The summed E-state index contributed by atoms with van der Waals surface area (Å²) in [6, 6.07) is 12.0. The lowest BCUT2D eigenvalue weighted by molar-refractivity contribution is 0.0698. The van der Waals surface area contributed by atoms with E-state index in [1.54, 1.807) is 31.2 Å². The van der Waals surface area contributed by atoms with E-state index in [0.717, 1.165) is 11.3 Å². The Morgan fingerprint density at radius 1 is 1.05 bits per heavy atom. The summed E-state index contributed by atoms with van der Waals surface area (Å²) < 4.78 is 0. The van der Waals surface area contributed by atoms with E-state index in [9.17, 15) is 14.7 Å². The van der Waals surface area contributed by atoms with Crippen molar-refractivity contribution in [3.63, 3.8) is 0 Å². The van der Waals surface area contributed by atoms with E-state index in [4.69, 9.17) is 0 Å². The summed E-state index contributed by atoms with van der Waals surface area (Å²) in [5.74, 6) is -1.40. The molecule has 0 aliphatic heterocycles. The molecule has 0 radical (unpaired) electrons. The normalized spacial score (nSPS) is 10.1. The predicted octanol–water partition coefficient (Wildman–Crippen LogP) is 3.01. The van der Waals surface area contributed by atoms with Gasteiger partial charge in [0.15, 0.2) is 0 Å². The first-order valence-electron chi connectivity index (χ1n) is 6.81. The van der Waals surface area contributed by atoms with Crippen molar-refractivity contribution in [3.05, 3.63) is 59.2 Å². The summed E-state index contributed by atoms with van der Waals surface area (Å²) in [4.78, 5) is 25.4.